The van der Waals surface area contributed by atoms with Crippen LogP contribution in [0.3, 0.4) is 0 Å². The molecule has 1 rings (SSSR count). The van der Waals surface area contributed by atoms with Crippen molar-refractivity contribution in [3.63, 3.8) is 0 Å². The van der Waals surface area contributed by atoms with Gasteiger partial charge in [0.2, 0.25) is 0 Å². The molecule has 1 aromatic rings. The summed E-state index contributed by atoms with van der Waals surface area (Å²) >= 11 is 0. The van der Waals surface area contributed by atoms with E-state index in [9.17, 15) is 0 Å². The number of aryl methyl sites for hydroxylation is 2. The van der Waals surface area contributed by atoms with Crippen LogP contribution in [0.15, 0.2) is 18.2 Å². The minimum atomic E-state index is -0.0541. The van der Waals surface area contributed by atoms with Crippen LogP contribution in [0, 0.1) is 25.7 Å². The second-order valence-corrected chi connectivity index (χ2v) is 3.36. The number of nitrogens with two attached hydrogens (primary N) is 1. The molecule has 68 valence electrons. The van der Waals surface area contributed by atoms with E-state index in [-0.39, 0.29) is 6.04 Å². The molecule has 1 atom stereocenters. The lowest BCUT2D eigenvalue weighted by Crippen LogP contribution is -2.10. The van der Waals surface area contributed by atoms with Crippen molar-refractivity contribution in [1.82, 2.24) is 0 Å². The molecule has 0 spiro atoms. The molecule has 1 heteroatoms. The van der Waals surface area contributed by atoms with E-state index in [1.54, 1.807) is 0 Å². The molecule has 0 radical (unpaired) electrons. The largest absolute Gasteiger partial charge is 0.318 e. The lowest BCUT2D eigenvalue weighted by Gasteiger charge is -1.99. The standard InChI is InChI=1S/C12H15N/c1-9-4-6-12(8-10(9)2)7-5-11(3)13/h4,6,8,11H,13H2,1-3H3. The lowest BCUT2D eigenvalue weighted by atomic mass is 10.1. The Hall–Kier alpha value is -1.26. The van der Waals surface area contributed by atoms with Crippen molar-refractivity contribution in [2.24, 2.45) is 5.73 Å². The zero-order valence-electron chi connectivity index (χ0n) is 8.39. The molecule has 0 aliphatic heterocycles. The fourth-order valence-corrected chi connectivity index (χ4v) is 1.02. The molecular weight excluding hydrogens is 158 g/mol. The molecular formula is C12H15N. The summed E-state index contributed by atoms with van der Waals surface area (Å²) in [5, 5.41) is 0. The second kappa shape index (κ2) is 4.11. The van der Waals surface area contributed by atoms with Gasteiger partial charge in [-0.15, -0.1) is 0 Å². The molecule has 0 amide bonds. The minimum absolute atomic E-state index is 0.0541. The normalized spacial score (nSPS) is 11.7. The van der Waals surface area contributed by atoms with Crippen LogP contribution >= 0.6 is 0 Å². The van der Waals surface area contributed by atoms with E-state index in [1.807, 2.05) is 13.0 Å². The smallest absolute Gasteiger partial charge is 0.0639 e. The van der Waals surface area contributed by atoms with Gasteiger partial charge in [-0.05, 0) is 44.0 Å². The highest BCUT2D eigenvalue weighted by atomic mass is 14.6. The number of benzene rings is 1. The Morgan fingerprint density at radius 2 is 1.92 bits per heavy atom. The molecule has 0 saturated heterocycles. The Morgan fingerprint density at radius 3 is 2.46 bits per heavy atom. The van der Waals surface area contributed by atoms with Crippen molar-refractivity contribution in [1.29, 1.82) is 0 Å². The van der Waals surface area contributed by atoms with Crippen molar-refractivity contribution in [3.8, 4) is 11.8 Å². The predicted octanol–water partition coefficient (Wildman–Crippen LogP) is 2.00. The summed E-state index contributed by atoms with van der Waals surface area (Å²) in [5.41, 5.74) is 9.15. The molecule has 1 unspecified atom stereocenters. The lowest BCUT2D eigenvalue weighted by molar-refractivity contribution is 0.959. The van der Waals surface area contributed by atoms with E-state index < -0.39 is 0 Å². The van der Waals surface area contributed by atoms with Gasteiger partial charge in [-0.3, -0.25) is 0 Å². The van der Waals surface area contributed by atoms with E-state index in [1.165, 1.54) is 11.1 Å². The van der Waals surface area contributed by atoms with Gasteiger partial charge in [-0.25, -0.2) is 0 Å². The maximum atomic E-state index is 5.53. The van der Waals surface area contributed by atoms with Crippen molar-refractivity contribution < 1.29 is 0 Å². The third-order valence-corrected chi connectivity index (χ3v) is 1.95. The summed E-state index contributed by atoms with van der Waals surface area (Å²) in [6.07, 6.45) is 0. The van der Waals surface area contributed by atoms with Gasteiger partial charge in [0.25, 0.3) is 0 Å². The van der Waals surface area contributed by atoms with Gasteiger partial charge in [0, 0.05) is 5.56 Å². The Morgan fingerprint density at radius 1 is 1.23 bits per heavy atom. The topological polar surface area (TPSA) is 26.0 Å². The Labute approximate surface area is 80.0 Å². The highest BCUT2D eigenvalue weighted by Crippen LogP contribution is 2.08. The van der Waals surface area contributed by atoms with E-state index in [4.69, 9.17) is 5.73 Å². The van der Waals surface area contributed by atoms with Crippen molar-refractivity contribution in [2.45, 2.75) is 26.8 Å². The van der Waals surface area contributed by atoms with Gasteiger partial charge < -0.3 is 5.73 Å². The number of rotatable bonds is 0. The first-order valence-corrected chi connectivity index (χ1v) is 4.44. The highest BCUT2D eigenvalue weighted by molar-refractivity contribution is 5.40. The average molecular weight is 173 g/mol. The first kappa shape index (κ1) is 9.83. The molecule has 0 bridgehead atoms. The van der Waals surface area contributed by atoms with Crippen LogP contribution in [0.4, 0.5) is 0 Å². The van der Waals surface area contributed by atoms with Crippen LogP contribution in [0.2, 0.25) is 0 Å². The third-order valence-electron chi connectivity index (χ3n) is 1.95. The van der Waals surface area contributed by atoms with Crippen LogP contribution in [-0.2, 0) is 0 Å². The molecule has 13 heavy (non-hydrogen) atoms. The van der Waals surface area contributed by atoms with E-state index in [2.05, 4.69) is 37.8 Å². The molecule has 0 aliphatic carbocycles. The van der Waals surface area contributed by atoms with Gasteiger partial charge in [-0.2, -0.15) is 0 Å². The third kappa shape index (κ3) is 2.93. The molecule has 0 aliphatic rings. The zero-order chi connectivity index (χ0) is 9.84. The zero-order valence-corrected chi connectivity index (χ0v) is 8.39. The number of hydrogen-bond acceptors (Lipinski definition) is 1. The fraction of sp³-hybridized carbons (Fsp3) is 0.333. The predicted molar refractivity (Wildman–Crippen MR) is 56.4 cm³/mol. The summed E-state index contributed by atoms with van der Waals surface area (Å²) in [5.74, 6) is 5.97. The highest BCUT2D eigenvalue weighted by Gasteiger charge is 1.92. The summed E-state index contributed by atoms with van der Waals surface area (Å²) in [6.45, 7) is 6.07. The monoisotopic (exact) mass is 173 g/mol. The Kier molecular flexibility index (Phi) is 3.11. The first-order chi connectivity index (χ1) is 6.09. The molecule has 0 aromatic heterocycles. The van der Waals surface area contributed by atoms with E-state index in [0.29, 0.717) is 0 Å². The van der Waals surface area contributed by atoms with Crippen LogP contribution in [0.25, 0.3) is 0 Å². The maximum absolute atomic E-state index is 5.53. The second-order valence-electron chi connectivity index (χ2n) is 3.36. The molecule has 1 nitrogen and oxygen atoms in total. The molecule has 0 fully saturated rings. The minimum Gasteiger partial charge on any atom is -0.318 e. The van der Waals surface area contributed by atoms with Gasteiger partial charge in [0.05, 0.1) is 6.04 Å². The van der Waals surface area contributed by atoms with Crippen molar-refractivity contribution in [2.75, 3.05) is 0 Å². The molecule has 2 N–H and O–H groups in total. The van der Waals surface area contributed by atoms with E-state index in [0.717, 1.165) is 5.56 Å². The summed E-state index contributed by atoms with van der Waals surface area (Å²) in [4.78, 5) is 0. The van der Waals surface area contributed by atoms with Crippen LogP contribution < -0.4 is 5.73 Å². The maximum Gasteiger partial charge on any atom is 0.0639 e. The molecule has 0 saturated carbocycles. The van der Waals surface area contributed by atoms with E-state index >= 15 is 0 Å². The Balaban J connectivity index is 2.94. The molecule has 1 aromatic carbocycles. The SMILES string of the molecule is Cc1ccc(C#CC(C)N)cc1C. The Bertz CT molecular complexity index is 353. The molecule has 0 heterocycles. The van der Waals surface area contributed by atoms with Gasteiger partial charge in [0.15, 0.2) is 0 Å². The van der Waals surface area contributed by atoms with Crippen LogP contribution in [0.5, 0.6) is 0 Å². The fourth-order valence-electron chi connectivity index (χ4n) is 1.02. The van der Waals surface area contributed by atoms with Crippen molar-refractivity contribution >= 4 is 0 Å². The van der Waals surface area contributed by atoms with Crippen LogP contribution in [-0.4, -0.2) is 6.04 Å². The summed E-state index contributed by atoms with van der Waals surface area (Å²) in [7, 11) is 0. The van der Waals surface area contributed by atoms with Crippen molar-refractivity contribution in [3.05, 3.63) is 34.9 Å². The summed E-state index contributed by atoms with van der Waals surface area (Å²) < 4.78 is 0. The quantitative estimate of drug-likeness (QED) is 0.597. The average Bonchev–Trinajstić information content (AvgIpc) is 2.07. The van der Waals surface area contributed by atoms with Gasteiger partial charge in [0.1, 0.15) is 0 Å². The number of hydrogen-bond donors (Lipinski definition) is 1. The first-order valence-electron chi connectivity index (χ1n) is 4.44. The van der Waals surface area contributed by atoms with Gasteiger partial charge in [-0.1, -0.05) is 17.9 Å². The van der Waals surface area contributed by atoms with Crippen LogP contribution in [0.1, 0.15) is 23.6 Å². The van der Waals surface area contributed by atoms with Gasteiger partial charge >= 0.3 is 0 Å². The summed E-state index contributed by atoms with van der Waals surface area (Å²) in [6, 6.07) is 6.14.